The van der Waals surface area contributed by atoms with E-state index < -0.39 is 0 Å². The molecule has 0 fully saturated rings. The largest absolute Gasteiger partial charge is 0.441 e. The summed E-state index contributed by atoms with van der Waals surface area (Å²) < 4.78 is 11.1. The summed E-state index contributed by atoms with van der Waals surface area (Å²) in [5, 5.41) is 3.08. The number of benzene rings is 1. The van der Waals surface area contributed by atoms with E-state index in [1.165, 1.54) is 11.1 Å². The predicted octanol–water partition coefficient (Wildman–Crippen LogP) is 2.13. The van der Waals surface area contributed by atoms with Crippen LogP contribution in [-0.4, -0.2) is 18.6 Å². The Hall–Kier alpha value is -1.65. The Balaban J connectivity index is 1.83. The van der Waals surface area contributed by atoms with Crippen molar-refractivity contribution in [3.8, 4) is 11.3 Å². The Morgan fingerprint density at radius 2 is 2.17 bits per heavy atom. The Morgan fingerprint density at radius 3 is 3.06 bits per heavy atom. The van der Waals surface area contributed by atoms with Crippen LogP contribution in [-0.2, 0) is 24.4 Å². The second-order valence-corrected chi connectivity index (χ2v) is 4.45. The first-order valence-electron chi connectivity index (χ1n) is 6.16. The number of hydrogen-bond donors (Lipinski definition) is 1. The van der Waals surface area contributed by atoms with Gasteiger partial charge >= 0.3 is 0 Å². The highest BCUT2D eigenvalue weighted by Crippen LogP contribution is 2.27. The number of aromatic nitrogens is 1. The van der Waals surface area contributed by atoms with E-state index in [1.54, 1.807) is 6.20 Å². The number of oxazole rings is 1. The molecular weight excluding hydrogens is 228 g/mol. The first kappa shape index (κ1) is 11.4. The first-order valence-corrected chi connectivity index (χ1v) is 6.16. The molecule has 0 spiro atoms. The predicted molar refractivity (Wildman–Crippen MR) is 68.1 cm³/mol. The van der Waals surface area contributed by atoms with Gasteiger partial charge in [0, 0.05) is 18.5 Å². The Labute approximate surface area is 106 Å². The third kappa shape index (κ3) is 2.17. The van der Waals surface area contributed by atoms with Crippen LogP contribution in [0.3, 0.4) is 0 Å². The van der Waals surface area contributed by atoms with E-state index in [0.29, 0.717) is 6.61 Å². The van der Waals surface area contributed by atoms with Gasteiger partial charge in [-0.05, 0) is 24.2 Å². The number of rotatable bonds is 4. The van der Waals surface area contributed by atoms with Crippen LogP contribution in [0.5, 0.6) is 0 Å². The molecule has 4 nitrogen and oxygen atoms in total. The molecule has 3 rings (SSSR count). The molecule has 4 heteroatoms. The molecule has 1 aromatic carbocycles. The van der Waals surface area contributed by atoms with Crippen molar-refractivity contribution in [2.24, 2.45) is 0 Å². The lowest BCUT2D eigenvalue weighted by Crippen LogP contribution is -2.10. The molecule has 94 valence electrons. The maximum atomic E-state index is 5.74. The van der Waals surface area contributed by atoms with Gasteiger partial charge < -0.3 is 14.5 Å². The molecule has 2 aromatic rings. The average molecular weight is 244 g/mol. The molecule has 0 bridgehead atoms. The van der Waals surface area contributed by atoms with E-state index in [-0.39, 0.29) is 0 Å². The standard InChI is InChI=1S/C14H16N2O2/c1-15-5-4-14-16-7-13(18-14)10-2-3-11-8-17-9-12(11)6-10/h2-3,6-7,15H,4-5,8-9H2,1H3. The lowest BCUT2D eigenvalue weighted by molar-refractivity contribution is 0.134. The molecule has 0 atom stereocenters. The Morgan fingerprint density at radius 1 is 1.28 bits per heavy atom. The summed E-state index contributed by atoms with van der Waals surface area (Å²) in [6.07, 6.45) is 2.60. The monoisotopic (exact) mass is 244 g/mol. The number of nitrogens with zero attached hydrogens (tertiary/aromatic N) is 1. The quantitative estimate of drug-likeness (QED) is 0.895. The molecule has 2 heterocycles. The van der Waals surface area contributed by atoms with Crippen LogP contribution in [0.4, 0.5) is 0 Å². The van der Waals surface area contributed by atoms with Gasteiger partial charge in [-0.3, -0.25) is 0 Å². The number of nitrogens with one attached hydrogen (secondary N) is 1. The minimum absolute atomic E-state index is 0.698. The van der Waals surface area contributed by atoms with Crippen LogP contribution >= 0.6 is 0 Å². The first-order chi connectivity index (χ1) is 8.86. The minimum Gasteiger partial charge on any atom is -0.441 e. The van der Waals surface area contributed by atoms with Crippen LogP contribution in [0.2, 0.25) is 0 Å². The van der Waals surface area contributed by atoms with Gasteiger partial charge in [-0.1, -0.05) is 12.1 Å². The van der Waals surface area contributed by atoms with E-state index in [9.17, 15) is 0 Å². The normalized spacial score (nSPS) is 13.8. The molecule has 1 aromatic heterocycles. The van der Waals surface area contributed by atoms with Crippen molar-refractivity contribution in [2.45, 2.75) is 19.6 Å². The highest BCUT2D eigenvalue weighted by molar-refractivity contribution is 5.59. The summed E-state index contributed by atoms with van der Waals surface area (Å²) in [5.41, 5.74) is 3.59. The van der Waals surface area contributed by atoms with Crippen LogP contribution < -0.4 is 5.32 Å². The molecule has 18 heavy (non-hydrogen) atoms. The van der Waals surface area contributed by atoms with E-state index in [0.717, 1.165) is 36.8 Å². The summed E-state index contributed by atoms with van der Waals surface area (Å²) in [4.78, 5) is 4.29. The van der Waals surface area contributed by atoms with E-state index in [1.807, 2.05) is 7.05 Å². The van der Waals surface area contributed by atoms with Gasteiger partial charge in [0.15, 0.2) is 11.7 Å². The van der Waals surface area contributed by atoms with Gasteiger partial charge in [0.25, 0.3) is 0 Å². The van der Waals surface area contributed by atoms with E-state index in [4.69, 9.17) is 9.15 Å². The third-order valence-electron chi connectivity index (χ3n) is 3.15. The fourth-order valence-corrected chi connectivity index (χ4v) is 2.12. The molecular formula is C14H16N2O2. The minimum atomic E-state index is 0.698. The summed E-state index contributed by atoms with van der Waals surface area (Å²) >= 11 is 0. The second kappa shape index (κ2) is 4.92. The molecule has 1 aliphatic rings. The number of hydrogen-bond acceptors (Lipinski definition) is 4. The summed E-state index contributed by atoms with van der Waals surface area (Å²) in [6, 6.07) is 6.30. The number of likely N-dealkylation sites (N-methyl/N-ethyl adjacent to an activating group) is 1. The molecule has 0 radical (unpaired) electrons. The smallest absolute Gasteiger partial charge is 0.196 e. The summed E-state index contributed by atoms with van der Waals surface area (Å²) in [5.74, 6) is 1.60. The fourth-order valence-electron chi connectivity index (χ4n) is 2.12. The van der Waals surface area contributed by atoms with Crippen molar-refractivity contribution in [2.75, 3.05) is 13.6 Å². The Bertz CT molecular complexity index is 548. The topological polar surface area (TPSA) is 47.3 Å². The lowest BCUT2D eigenvalue weighted by Gasteiger charge is -2.00. The van der Waals surface area contributed by atoms with Crippen LogP contribution in [0.1, 0.15) is 17.0 Å². The zero-order valence-electron chi connectivity index (χ0n) is 10.4. The number of ether oxygens (including phenoxy) is 1. The molecule has 0 saturated heterocycles. The average Bonchev–Trinajstić information content (AvgIpc) is 3.04. The maximum absolute atomic E-state index is 5.74. The van der Waals surface area contributed by atoms with E-state index >= 15 is 0 Å². The molecule has 1 aliphatic heterocycles. The molecule has 0 saturated carbocycles. The highest BCUT2D eigenvalue weighted by atomic mass is 16.5. The molecule has 0 unspecified atom stereocenters. The van der Waals surface area contributed by atoms with Gasteiger partial charge in [0.05, 0.1) is 19.4 Å². The molecule has 0 aliphatic carbocycles. The Kier molecular flexibility index (Phi) is 3.13. The second-order valence-electron chi connectivity index (χ2n) is 4.45. The van der Waals surface area contributed by atoms with Crippen molar-refractivity contribution in [3.05, 3.63) is 41.4 Å². The van der Waals surface area contributed by atoms with E-state index in [2.05, 4.69) is 28.5 Å². The van der Waals surface area contributed by atoms with Gasteiger partial charge in [-0.2, -0.15) is 0 Å². The van der Waals surface area contributed by atoms with Gasteiger partial charge in [-0.15, -0.1) is 0 Å². The van der Waals surface area contributed by atoms with Crippen molar-refractivity contribution in [1.82, 2.24) is 10.3 Å². The summed E-state index contributed by atoms with van der Waals surface area (Å²) in [6.45, 7) is 2.29. The zero-order valence-corrected chi connectivity index (χ0v) is 10.4. The maximum Gasteiger partial charge on any atom is 0.196 e. The van der Waals surface area contributed by atoms with Gasteiger partial charge in [0.2, 0.25) is 0 Å². The van der Waals surface area contributed by atoms with Crippen LogP contribution in [0, 0.1) is 0 Å². The van der Waals surface area contributed by atoms with Crippen molar-refractivity contribution < 1.29 is 9.15 Å². The fraction of sp³-hybridized carbons (Fsp3) is 0.357. The van der Waals surface area contributed by atoms with Crippen LogP contribution in [0.25, 0.3) is 11.3 Å². The van der Waals surface area contributed by atoms with Crippen molar-refractivity contribution in [3.63, 3.8) is 0 Å². The lowest BCUT2D eigenvalue weighted by atomic mass is 10.1. The number of fused-ring (bicyclic) bond motifs is 1. The van der Waals surface area contributed by atoms with Crippen LogP contribution in [0.15, 0.2) is 28.8 Å². The SMILES string of the molecule is CNCCc1ncc(-c2ccc3c(c2)COC3)o1. The van der Waals surface area contributed by atoms with Crippen molar-refractivity contribution >= 4 is 0 Å². The third-order valence-corrected chi connectivity index (χ3v) is 3.15. The van der Waals surface area contributed by atoms with Gasteiger partial charge in [0.1, 0.15) is 0 Å². The highest BCUT2D eigenvalue weighted by Gasteiger charge is 2.13. The zero-order chi connectivity index (χ0) is 12.4. The summed E-state index contributed by atoms with van der Waals surface area (Å²) in [7, 11) is 1.92. The molecule has 1 N–H and O–H groups in total. The molecule has 0 amide bonds. The van der Waals surface area contributed by atoms with Gasteiger partial charge in [-0.25, -0.2) is 4.98 Å². The van der Waals surface area contributed by atoms with Crippen molar-refractivity contribution in [1.29, 1.82) is 0 Å².